The number of pyridine rings is 1. The van der Waals surface area contributed by atoms with Crippen LogP contribution in [0.5, 0.6) is 0 Å². The number of likely N-dealkylation sites (tertiary alicyclic amines) is 1. The quantitative estimate of drug-likeness (QED) is 0.881. The molecule has 1 aromatic carbocycles. The lowest BCUT2D eigenvalue weighted by molar-refractivity contribution is -0.105. The molecule has 1 aliphatic rings. The number of amides is 2. The highest BCUT2D eigenvalue weighted by atomic mass is 16.2. The SMILES string of the molecule is Cc1c(-c2ccccc2)cnc(NC=O)c1C(=O)N1CCC1. The van der Waals surface area contributed by atoms with E-state index in [2.05, 4.69) is 10.3 Å². The minimum atomic E-state index is -0.0709. The lowest BCUT2D eigenvalue weighted by Crippen LogP contribution is -2.42. The maximum Gasteiger partial charge on any atom is 0.257 e. The monoisotopic (exact) mass is 295 g/mol. The Morgan fingerprint density at radius 1 is 1.27 bits per heavy atom. The Balaban J connectivity index is 2.11. The largest absolute Gasteiger partial charge is 0.338 e. The van der Waals surface area contributed by atoms with Crippen molar-refractivity contribution in [1.29, 1.82) is 0 Å². The number of carbonyl (C=O) groups excluding carboxylic acids is 2. The lowest BCUT2D eigenvalue weighted by Gasteiger charge is -2.32. The van der Waals surface area contributed by atoms with Gasteiger partial charge in [0.05, 0.1) is 5.56 Å². The number of carbonyl (C=O) groups is 2. The van der Waals surface area contributed by atoms with Crippen LogP contribution in [0.3, 0.4) is 0 Å². The number of hydrogen-bond donors (Lipinski definition) is 1. The van der Waals surface area contributed by atoms with Gasteiger partial charge in [0, 0.05) is 24.8 Å². The van der Waals surface area contributed by atoms with E-state index in [-0.39, 0.29) is 5.91 Å². The van der Waals surface area contributed by atoms with Crippen molar-refractivity contribution < 1.29 is 9.59 Å². The predicted molar refractivity (Wildman–Crippen MR) is 84.6 cm³/mol. The summed E-state index contributed by atoms with van der Waals surface area (Å²) in [5.74, 6) is 0.252. The summed E-state index contributed by atoms with van der Waals surface area (Å²) in [6, 6.07) is 9.80. The standard InChI is InChI=1S/C17H17N3O2/c1-12-14(13-6-3-2-4-7-13)10-18-16(19-11-21)15(12)17(22)20-8-5-9-20/h2-4,6-7,10-11H,5,8-9H2,1H3,(H,18,19,21). The van der Waals surface area contributed by atoms with Gasteiger partial charge in [0.15, 0.2) is 0 Å². The molecule has 1 fully saturated rings. The van der Waals surface area contributed by atoms with Crippen LogP contribution in [0.2, 0.25) is 0 Å². The first-order valence-electron chi connectivity index (χ1n) is 7.27. The molecular weight excluding hydrogens is 278 g/mol. The molecule has 0 aliphatic carbocycles. The van der Waals surface area contributed by atoms with Crippen LogP contribution in [0.25, 0.3) is 11.1 Å². The molecule has 112 valence electrons. The summed E-state index contributed by atoms with van der Waals surface area (Å²) in [6.45, 7) is 3.41. The molecule has 22 heavy (non-hydrogen) atoms. The second kappa shape index (κ2) is 5.97. The fraction of sp³-hybridized carbons (Fsp3) is 0.235. The Hall–Kier alpha value is -2.69. The topological polar surface area (TPSA) is 62.3 Å². The summed E-state index contributed by atoms with van der Waals surface area (Å²) in [6.07, 6.45) is 3.27. The summed E-state index contributed by atoms with van der Waals surface area (Å²) < 4.78 is 0. The van der Waals surface area contributed by atoms with Crippen LogP contribution in [-0.2, 0) is 4.79 Å². The summed E-state index contributed by atoms with van der Waals surface area (Å²) in [4.78, 5) is 29.5. The summed E-state index contributed by atoms with van der Waals surface area (Å²) in [5, 5.41) is 2.54. The molecule has 1 aliphatic heterocycles. The molecule has 0 spiro atoms. The maximum atomic E-state index is 12.7. The molecule has 1 N–H and O–H groups in total. The van der Waals surface area contributed by atoms with Crippen molar-refractivity contribution >= 4 is 18.1 Å². The first-order valence-corrected chi connectivity index (χ1v) is 7.27. The maximum absolute atomic E-state index is 12.7. The van der Waals surface area contributed by atoms with Gasteiger partial charge >= 0.3 is 0 Å². The Morgan fingerprint density at radius 2 is 2.00 bits per heavy atom. The van der Waals surface area contributed by atoms with Crippen molar-refractivity contribution in [3.05, 3.63) is 47.7 Å². The van der Waals surface area contributed by atoms with Crippen molar-refractivity contribution in [2.75, 3.05) is 18.4 Å². The van der Waals surface area contributed by atoms with E-state index in [1.807, 2.05) is 37.3 Å². The van der Waals surface area contributed by atoms with Gasteiger partial charge in [-0.2, -0.15) is 0 Å². The summed E-state index contributed by atoms with van der Waals surface area (Å²) in [7, 11) is 0. The van der Waals surface area contributed by atoms with Crippen LogP contribution >= 0.6 is 0 Å². The highest BCUT2D eigenvalue weighted by Crippen LogP contribution is 2.30. The molecule has 1 aromatic heterocycles. The van der Waals surface area contributed by atoms with Gasteiger partial charge in [0.2, 0.25) is 6.41 Å². The Morgan fingerprint density at radius 3 is 2.59 bits per heavy atom. The first-order chi connectivity index (χ1) is 10.7. The van der Waals surface area contributed by atoms with Crippen LogP contribution in [0.1, 0.15) is 22.3 Å². The third-order valence-electron chi connectivity index (χ3n) is 3.98. The van der Waals surface area contributed by atoms with Gasteiger partial charge in [0.1, 0.15) is 5.82 Å². The number of rotatable bonds is 4. The zero-order chi connectivity index (χ0) is 15.5. The van der Waals surface area contributed by atoms with Gasteiger partial charge in [0.25, 0.3) is 5.91 Å². The van der Waals surface area contributed by atoms with Gasteiger partial charge in [-0.3, -0.25) is 9.59 Å². The van der Waals surface area contributed by atoms with Crippen molar-refractivity contribution in [2.45, 2.75) is 13.3 Å². The van der Waals surface area contributed by atoms with E-state index in [0.717, 1.165) is 36.2 Å². The normalized spacial score (nSPS) is 13.4. The molecule has 2 aromatic rings. The lowest BCUT2D eigenvalue weighted by atomic mass is 9.97. The smallest absolute Gasteiger partial charge is 0.257 e. The van der Waals surface area contributed by atoms with E-state index in [1.165, 1.54) is 0 Å². The second-order valence-corrected chi connectivity index (χ2v) is 5.29. The Kier molecular flexibility index (Phi) is 3.87. The molecule has 0 bridgehead atoms. The van der Waals surface area contributed by atoms with Crippen molar-refractivity contribution in [2.24, 2.45) is 0 Å². The number of aromatic nitrogens is 1. The third kappa shape index (κ3) is 2.45. The predicted octanol–water partition coefficient (Wildman–Crippen LogP) is 2.47. The molecule has 0 unspecified atom stereocenters. The van der Waals surface area contributed by atoms with Gasteiger partial charge in [-0.25, -0.2) is 4.98 Å². The van der Waals surface area contributed by atoms with Crippen molar-refractivity contribution in [3.8, 4) is 11.1 Å². The molecule has 0 saturated carbocycles. The number of anilines is 1. The van der Waals surface area contributed by atoms with E-state index >= 15 is 0 Å². The zero-order valence-electron chi connectivity index (χ0n) is 12.4. The minimum absolute atomic E-state index is 0.0709. The van der Waals surface area contributed by atoms with Crippen LogP contribution in [0, 0.1) is 6.92 Å². The highest BCUT2D eigenvalue weighted by molar-refractivity contribution is 6.03. The minimum Gasteiger partial charge on any atom is -0.338 e. The second-order valence-electron chi connectivity index (χ2n) is 5.29. The number of nitrogens with one attached hydrogen (secondary N) is 1. The first kappa shape index (κ1) is 14.3. The van der Waals surface area contributed by atoms with E-state index in [0.29, 0.717) is 17.8 Å². The van der Waals surface area contributed by atoms with Crippen molar-refractivity contribution in [3.63, 3.8) is 0 Å². The van der Waals surface area contributed by atoms with Crippen molar-refractivity contribution in [1.82, 2.24) is 9.88 Å². The molecule has 5 nitrogen and oxygen atoms in total. The number of nitrogens with zero attached hydrogens (tertiary/aromatic N) is 2. The average Bonchev–Trinajstić information content (AvgIpc) is 2.47. The highest BCUT2D eigenvalue weighted by Gasteiger charge is 2.27. The third-order valence-corrected chi connectivity index (χ3v) is 3.98. The fourth-order valence-corrected chi connectivity index (χ4v) is 2.62. The van der Waals surface area contributed by atoms with Crippen LogP contribution < -0.4 is 5.32 Å². The summed E-state index contributed by atoms with van der Waals surface area (Å²) in [5.41, 5.74) is 3.22. The van der Waals surface area contributed by atoms with Crippen LogP contribution in [-0.4, -0.2) is 35.3 Å². The Bertz CT molecular complexity index is 709. The van der Waals surface area contributed by atoms with Gasteiger partial charge in [-0.1, -0.05) is 30.3 Å². The van der Waals surface area contributed by atoms with E-state index in [9.17, 15) is 9.59 Å². The molecule has 1 saturated heterocycles. The number of hydrogen-bond acceptors (Lipinski definition) is 3. The van der Waals surface area contributed by atoms with Crippen LogP contribution in [0.4, 0.5) is 5.82 Å². The molecule has 0 radical (unpaired) electrons. The molecule has 3 rings (SSSR count). The molecular formula is C17H17N3O2. The Labute approximate surface area is 129 Å². The molecule has 2 amide bonds. The average molecular weight is 295 g/mol. The van der Waals surface area contributed by atoms with E-state index in [4.69, 9.17) is 0 Å². The number of benzene rings is 1. The summed E-state index contributed by atoms with van der Waals surface area (Å²) >= 11 is 0. The van der Waals surface area contributed by atoms with Gasteiger partial charge < -0.3 is 10.2 Å². The van der Waals surface area contributed by atoms with E-state index in [1.54, 1.807) is 11.1 Å². The zero-order valence-corrected chi connectivity index (χ0v) is 12.4. The van der Waals surface area contributed by atoms with Crippen LogP contribution in [0.15, 0.2) is 36.5 Å². The molecule has 5 heteroatoms. The molecule has 2 heterocycles. The van der Waals surface area contributed by atoms with Gasteiger partial charge in [-0.05, 0) is 24.5 Å². The van der Waals surface area contributed by atoms with Gasteiger partial charge in [-0.15, -0.1) is 0 Å². The fourth-order valence-electron chi connectivity index (χ4n) is 2.62. The molecule has 0 atom stereocenters. The van der Waals surface area contributed by atoms with E-state index < -0.39 is 0 Å².